The van der Waals surface area contributed by atoms with Crippen LogP contribution in [0.3, 0.4) is 0 Å². The number of hydrogen-bond acceptors (Lipinski definition) is 7. The van der Waals surface area contributed by atoms with Crippen molar-refractivity contribution < 1.29 is 18.4 Å². The molecule has 5 heterocycles. The third-order valence-corrected chi connectivity index (χ3v) is 9.08. The largest absolute Gasteiger partial charge is 0.469 e. The van der Waals surface area contributed by atoms with E-state index in [9.17, 15) is 9.59 Å². The fourth-order valence-corrected chi connectivity index (χ4v) is 7.89. The number of anilines is 1. The molecule has 168 valence electrons. The van der Waals surface area contributed by atoms with E-state index in [4.69, 9.17) is 21.1 Å². The summed E-state index contributed by atoms with van der Waals surface area (Å²) >= 11 is 7.06. The van der Waals surface area contributed by atoms with Crippen LogP contribution in [-0.2, 0) is 21.7 Å². The van der Waals surface area contributed by atoms with Crippen molar-refractivity contribution in [3.05, 3.63) is 78.1 Å². The van der Waals surface area contributed by atoms with Gasteiger partial charge in [0.15, 0.2) is 5.54 Å². The molecule has 2 saturated heterocycles. The summed E-state index contributed by atoms with van der Waals surface area (Å²) in [7, 11) is 3.67. The van der Waals surface area contributed by atoms with E-state index in [-0.39, 0.29) is 24.3 Å². The number of hydrogen-bond donors (Lipinski definition) is 0. The molecule has 7 nitrogen and oxygen atoms in total. The van der Waals surface area contributed by atoms with Crippen molar-refractivity contribution in [3.63, 3.8) is 0 Å². The number of benzene rings is 1. The van der Waals surface area contributed by atoms with E-state index in [1.54, 1.807) is 35.4 Å². The third-order valence-electron chi connectivity index (χ3n) is 7.14. The standard InChI is InChI=1S/C24H21N3O4S2/c1-25-14-17(19-10-6-12-31-19)24(21(29)27(22(32)33-24)13-15-7-5-11-30-15)23(25)16-8-3-4-9-18(16)26(2)20(23)28/h3-12,17H,13-14H2,1-2H3/t17-,23-,24+/m0/s1. The number of likely N-dealkylation sites (N-methyl/N-ethyl adjacent to an activating group) is 2. The Labute approximate surface area is 200 Å². The molecule has 33 heavy (non-hydrogen) atoms. The summed E-state index contributed by atoms with van der Waals surface area (Å²) in [5.74, 6) is 0.593. The molecule has 1 aromatic carbocycles. The zero-order chi connectivity index (χ0) is 23.0. The lowest BCUT2D eigenvalue weighted by atomic mass is 9.73. The zero-order valence-corrected chi connectivity index (χ0v) is 19.7. The van der Waals surface area contributed by atoms with E-state index in [0.717, 1.165) is 11.3 Å². The molecule has 0 saturated carbocycles. The predicted octanol–water partition coefficient (Wildman–Crippen LogP) is 3.57. The number of rotatable bonds is 3. The Morgan fingerprint density at radius 1 is 1.03 bits per heavy atom. The van der Waals surface area contributed by atoms with Crippen LogP contribution >= 0.6 is 24.0 Å². The highest BCUT2D eigenvalue weighted by Gasteiger charge is 2.79. The number of nitrogens with zero attached hydrogens (tertiary/aromatic N) is 3. The van der Waals surface area contributed by atoms with Gasteiger partial charge in [0.05, 0.1) is 25.0 Å². The van der Waals surface area contributed by atoms with Gasteiger partial charge >= 0.3 is 0 Å². The molecule has 0 bridgehead atoms. The molecule has 9 heteroatoms. The van der Waals surface area contributed by atoms with E-state index in [2.05, 4.69) is 0 Å². The van der Waals surface area contributed by atoms with E-state index < -0.39 is 10.3 Å². The minimum atomic E-state index is -1.22. The Bertz CT molecular complexity index is 1270. The van der Waals surface area contributed by atoms with Gasteiger partial charge in [-0.05, 0) is 37.4 Å². The molecule has 6 rings (SSSR count). The first-order valence-electron chi connectivity index (χ1n) is 10.6. The maximum Gasteiger partial charge on any atom is 0.254 e. The van der Waals surface area contributed by atoms with Crippen molar-refractivity contribution in [2.75, 3.05) is 25.5 Å². The lowest BCUT2D eigenvalue weighted by Gasteiger charge is -2.41. The Kier molecular flexibility index (Phi) is 4.43. The summed E-state index contributed by atoms with van der Waals surface area (Å²) in [6.07, 6.45) is 3.18. The maximum atomic E-state index is 14.5. The summed E-state index contributed by atoms with van der Waals surface area (Å²) in [5.41, 5.74) is 0.398. The Morgan fingerprint density at radius 3 is 2.52 bits per heavy atom. The Hall–Kier alpha value is -2.88. The summed E-state index contributed by atoms with van der Waals surface area (Å²) in [4.78, 5) is 33.9. The van der Waals surface area contributed by atoms with Gasteiger partial charge in [-0.15, -0.1) is 0 Å². The number of carbonyl (C=O) groups excluding carboxylic acids is 2. The fourth-order valence-electron chi connectivity index (χ4n) is 5.79. The molecule has 0 radical (unpaired) electrons. The highest BCUT2D eigenvalue weighted by atomic mass is 32.2. The fraction of sp³-hybridized carbons (Fsp3) is 0.292. The molecule has 0 unspecified atom stereocenters. The van der Waals surface area contributed by atoms with Crippen molar-refractivity contribution in [1.82, 2.24) is 9.80 Å². The van der Waals surface area contributed by atoms with Crippen LogP contribution in [0.15, 0.2) is 69.9 Å². The average molecular weight is 480 g/mol. The van der Waals surface area contributed by atoms with Gasteiger partial charge in [-0.2, -0.15) is 0 Å². The van der Waals surface area contributed by atoms with Crippen molar-refractivity contribution in [3.8, 4) is 0 Å². The van der Waals surface area contributed by atoms with Gasteiger partial charge in [0.2, 0.25) is 5.91 Å². The number of para-hydroxylation sites is 1. The summed E-state index contributed by atoms with van der Waals surface area (Å²) < 4.78 is 10.6. The highest BCUT2D eigenvalue weighted by Crippen LogP contribution is 2.66. The Balaban J connectivity index is 1.60. The molecular weight excluding hydrogens is 458 g/mol. The Morgan fingerprint density at radius 2 is 1.79 bits per heavy atom. The first-order chi connectivity index (χ1) is 15.9. The van der Waals surface area contributed by atoms with E-state index >= 15 is 0 Å². The number of amides is 2. The van der Waals surface area contributed by atoms with Gasteiger partial charge in [0.1, 0.15) is 20.6 Å². The van der Waals surface area contributed by atoms with E-state index in [1.165, 1.54) is 11.8 Å². The predicted molar refractivity (Wildman–Crippen MR) is 128 cm³/mol. The first-order valence-corrected chi connectivity index (χ1v) is 11.8. The highest BCUT2D eigenvalue weighted by molar-refractivity contribution is 8.25. The molecule has 3 aliphatic rings. The van der Waals surface area contributed by atoms with Gasteiger partial charge < -0.3 is 13.7 Å². The molecular formula is C24H21N3O4S2. The number of furan rings is 2. The normalized spacial score (nSPS) is 29.3. The van der Waals surface area contributed by atoms with Crippen molar-refractivity contribution in [2.45, 2.75) is 22.7 Å². The van der Waals surface area contributed by atoms with Crippen molar-refractivity contribution >= 4 is 45.8 Å². The number of carbonyl (C=O) groups is 2. The number of likely N-dealkylation sites (tertiary alicyclic amines) is 1. The smallest absolute Gasteiger partial charge is 0.254 e. The molecule has 0 N–H and O–H groups in total. The van der Waals surface area contributed by atoms with E-state index in [0.29, 0.717) is 22.4 Å². The zero-order valence-electron chi connectivity index (χ0n) is 18.1. The molecule has 3 aliphatic heterocycles. The third kappa shape index (κ3) is 2.42. The molecule has 3 atom stereocenters. The van der Waals surface area contributed by atoms with Crippen LogP contribution in [0, 0.1) is 0 Å². The summed E-state index contributed by atoms with van der Waals surface area (Å²) in [6, 6.07) is 15.0. The van der Waals surface area contributed by atoms with Crippen LogP contribution < -0.4 is 4.90 Å². The number of thiocarbonyl (C=S) groups is 1. The SMILES string of the molecule is CN1C(=O)[C@]2(c3ccccc31)N(C)C[C@@H](c1ccco1)[C@]21SC(=S)N(Cc2ccco2)C1=O. The lowest BCUT2D eigenvalue weighted by molar-refractivity contribution is -0.139. The lowest BCUT2D eigenvalue weighted by Crippen LogP contribution is -2.62. The molecule has 0 aliphatic carbocycles. The molecule has 2 amide bonds. The summed E-state index contributed by atoms with van der Waals surface area (Å²) in [6.45, 7) is 0.688. The second-order valence-electron chi connectivity index (χ2n) is 8.61. The molecule has 2 spiro atoms. The topological polar surface area (TPSA) is 70.1 Å². The minimum Gasteiger partial charge on any atom is -0.469 e. The number of thioether (sulfide) groups is 1. The van der Waals surface area contributed by atoms with Gasteiger partial charge in [0.25, 0.3) is 5.91 Å². The van der Waals surface area contributed by atoms with Crippen molar-refractivity contribution in [1.29, 1.82) is 0 Å². The van der Waals surface area contributed by atoms with Crippen LogP contribution in [0.4, 0.5) is 5.69 Å². The van der Waals surface area contributed by atoms with Crippen LogP contribution in [0.5, 0.6) is 0 Å². The monoisotopic (exact) mass is 479 g/mol. The average Bonchev–Trinajstić information content (AvgIpc) is 3.62. The minimum absolute atomic E-state index is 0.135. The second kappa shape index (κ2) is 7.06. The molecule has 3 aromatic rings. The maximum absolute atomic E-state index is 14.5. The second-order valence-corrected chi connectivity index (χ2v) is 10.5. The van der Waals surface area contributed by atoms with Gasteiger partial charge in [-0.25, -0.2) is 0 Å². The molecule has 2 fully saturated rings. The van der Waals surface area contributed by atoms with E-state index in [1.807, 2.05) is 54.4 Å². The van der Waals surface area contributed by atoms with Crippen LogP contribution in [0.1, 0.15) is 23.0 Å². The van der Waals surface area contributed by atoms with Crippen LogP contribution in [0.25, 0.3) is 0 Å². The van der Waals surface area contributed by atoms with Crippen molar-refractivity contribution in [2.24, 2.45) is 0 Å². The first kappa shape index (κ1) is 20.7. The van der Waals surface area contributed by atoms with Gasteiger partial charge in [0, 0.05) is 24.8 Å². The van der Waals surface area contributed by atoms with Crippen LogP contribution in [-0.4, -0.2) is 51.3 Å². The van der Waals surface area contributed by atoms with Gasteiger partial charge in [-0.1, -0.05) is 42.2 Å². The molecule has 2 aromatic heterocycles. The quantitative estimate of drug-likeness (QED) is 0.532. The number of fused-ring (bicyclic) bond motifs is 3. The summed E-state index contributed by atoms with van der Waals surface area (Å²) in [5, 5.41) is 0. The van der Waals surface area contributed by atoms with Crippen LogP contribution in [0.2, 0.25) is 0 Å². The van der Waals surface area contributed by atoms with Gasteiger partial charge in [-0.3, -0.25) is 19.4 Å².